The van der Waals surface area contributed by atoms with E-state index in [9.17, 15) is 10.2 Å². The molecule has 2 aliphatic rings. The summed E-state index contributed by atoms with van der Waals surface area (Å²) >= 11 is 0. The van der Waals surface area contributed by atoms with Gasteiger partial charge in [-0.3, -0.25) is 0 Å². The Morgan fingerprint density at radius 3 is 1.21 bits per heavy atom. The van der Waals surface area contributed by atoms with Crippen LogP contribution in [0.5, 0.6) is 0 Å². The number of aliphatic hydroxyl groups is 2. The van der Waals surface area contributed by atoms with Gasteiger partial charge in [0.1, 0.15) is 0 Å². The fourth-order valence-electron chi connectivity index (χ4n) is 7.05. The van der Waals surface area contributed by atoms with Crippen molar-refractivity contribution in [3.8, 4) is 0 Å². The van der Waals surface area contributed by atoms with E-state index in [1.165, 1.54) is 0 Å². The molecule has 0 radical (unpaired) electrons. The highest BCUT2D eigenvalue weighted by Gasteiger charge is 2.49. The Morgan fingerprint density at radius 1 is 0.643 bits per heavy atom. The molecule has 0 aromatic carbocycles. The zero-order valence-electron chi connectivity index (χ0n) is 20.5. The van der Waals surface area contributed by atoms with E-state index in [1.54, 1.807) is 0 Å². The summed E-state index contributed by atoms with van der Waals surface area (Å²) in [6, 6.07) is 0. The van der Waals surface area contributed by atoms with Crippen LogP contribution in [0.1, 0.15) is 94.9 Å². The first kappa shape index (κ1) is 24.2. The minimum Gasteiger partial charge on any atom is -0.393 e. The van der Waals surface area contributed by atoms with Gasteiger partial charge in [-0.1, -0.05) is 69.2 Å². The van der Waals surface area contributed by atoms with E-state index in [1.807, 2.05) is 0 Å². The van der Waals surface area contributed by atoms with Gasteiger partial charge in [-0.25, -0.2) is 0 Å². The first-order chi connectivity index (χ1) is 12.6. The number of hydrogen-bond donors (Lipinski definition) is 2. The summed E-state index contributed by atoms with van der Waals surface area (Å²) in [6.07, 6.45) is 3.88. The van der Waals surface area contributed by atoms with Crippen molar-refractivity contribution in [2.45, 2.75) is 107 Å². The van der Waals surface area contributed by atoms with Gasteiger partial charge in [0.25, 0.3) is 0 Å². The molecule has 2 N–H and O–H groups in total. The largest absolute Gasteiger partial charge is 0.393 e. The monoisotopic (exact) mass is 394 g/mol. The number of rotatable bonds is 3. The van der Waals surface area contributed by atoms with E-state index >= 15 is 0 Å². The highest BCUT2D eigenvalue weighted by Crippen LogP contribution is 2.53. The fourth-order valence-corrected chi connectivity index (χ4v) is 7.05. The van der Waals surface area contributed by atoms with E-state index in [2.05, 4.69) is 69.2 Å². The zero-order chi connectivity index (χ0) is 21.6. The van der Waals surface area contributed by atoms with Gasteiger partial charge in [0, 0.05) is 0 Å². The third-order valence-electron chi connectivity index (χ3n) is 8.65. The third-order valence-corrected chi connectivity index (χ3v) is 8.65. The summed E-state index contributed by atoms with van der Waals surface area (Å²) in [5, 5.41) is 21.7. The lowest BCUT2D eigenvalue weighted by molar-refractivity contribution is -0.0903. The van der Waals surface area contributed by atoms with Gasteiger partial charge in [-0.15, -0.1) is 0 Å². The van der Waals surface area contributed by atoms with Crippen molar-refractivity contribution in [3.05, 3.63) is 0 Å². The predicted molar refractivity (Wildman–Crippen MR) is 120 cm³/mol. The van der Waals surface area contributed by atoms with Gasteiger partial charge < -0.3 is 10.2 Å². The van der Waals surface area contributed by atoms with Crippen molar-refractivity contribution in [1.29, 1.82) is 0 Å². The molecule has 0 aromatic rings. The van der Waals surface area contributed by atoms with Crippen molar-refractivity contribution < 1.29 is 10.2 Å². The second kappa shape index (κ2) is 8.58. The molecule has 2 nitrogen and oxygen atoms in total. The molecule has 2 fully saturated rings. The second-order valence-corrected chi connectivity index (χ2v) is 13.1. The van der Waals surface area contributed by atoms with Crippen LogP contribution in [0.25, 0.3) is 0 Å². The Kier molecular flexibility index (Phi) is 7.41. The quantitative estimate of drug-likeness (QED) is 0.581. The maximum Gasteiger partial charge on any atom is 0.0576 e. The van der Waals surface area contributed by atoms with E-state index in [-0.39, 0.29) is 23.0 Å². The maximum absolute atomic E-state index is 10.8. The number of hydrogen-bond acceptors (Lipinski definition) is 2. The Morgan fingerprint density at radius 2 is 0.964 bits per heavy atom. The maximum atomic E-state index is 10.8. The molecule has 9 atom stereocenters. The smallest absolute Gasteiger partial charge is 0.0576 e. The summed E-state index contributed by atoms with van der Waals surface area (Å²) in [4.78, 5) is 0. The average Bonchev–Trinajstić information content (AvgIpc) is 2.48. The fraction of sp³-hybridized carbons (Fsp3) is 1.00. The van der Waals surface area contributed by atoms with Gasteiger partial charge in [-0.2, -0.15) is 0 Å². The van der Waals surface area contributed by atoms with Crippen LogP contribution < -0.4 is 0 Å². The van der Waals surface area contributed by atoms with Crippen molar-refractivity contribution >= 4 is 0 Å². The van der Waals surface area contributed by atoms with Crippen LogP contribution in [-0.2, 0) is 0 Å². The lowest BCUT2D eigenvalue weighted by Crippen LogP contribution is -2.49. The Bertz CT molecular complexity index is 456. The minimum atomic E-state index is -0.160. The lowest BCUT2D eigenvalue weighted by atomic mass is 9.53. The van der Waals surface area contributed by atoms with Gasteiger partial charge in [-0.05, 0) is 83.9 Å². The SMILES string of the molecule is CC(C)C(C1CC(C(C)(C)C)C(O)CC1C)C1C[C@@H](C(C)(C)C)C(O)CC1C. The molecule has 2 aliphatic carbocycles. The normalized spacial score (nSPS) is 41.9. The molecule has 166 valence electrons. The predicted octanol–water partition coefficient (Wildman–Crippen LogP) is 6.40. The molecule has 2 heteroatoms. The Labute approximate surface area is 175 Å². The summed E-state index contributed by atoms with van der Waals surface area (Å²) < 4.78 is 0. The van der Waals surface area contributed by atoms with Crippen LogP contribution in [-0.4, -0.2) is 22.4 Å². The zero-order valence-corrected chi connectivity index (χ0v) is 20.5. The summed E-state index contributed by atoms with van der Waals surface area (Å²) in [5.41, 5.74) is 0.309. The number of aliphatic hydroxyl groups excluding tert-OH is 2. The van der Waals surface area contributed by atoms with Crippen molar-refractivity contribution in [3.63, 3.8) is 0 Å². The highest BCUT2D eigenvalue weighted by molar-refractivity contribution is 4.98. The van der Waals surface area contributed by atoms with Crippen molar-refractivity contribution in [1.82, 2.24) is 0 Å². The molecular formula is C26H50O2. The second-order valence-electron chi connectivity index (χ2n) is 13.1. The summed E-state index contributed by atoms with van der Waals surface area (Å²) in [5.74, 6) is 4.61. The van der Waals surface area contributed by atoms with Crippen LogP contribution in [0.2, 0.25) is 0 Å². The molecule has 8 unspecified atom stereocenters. The molecule has 2 saturated carbocycles. The molecule has 0 aliphatic heterocycles. The van der Waals surface area contributed by atoms with Crippen LogP contribution in [0.3, 0.4) is 0 Å². The van der Waals surface area contributed by atoms with E-state index in [0.717, 1.165) is 25.7 Å². The van der Waals surface area contributed by atoms with Crippen molar-refractivity contribution in [2.75, 3.05) is 0 Å². The molecule has 0 aromatic heterocycles. The standard InChI is InChI=1S/C26H50O2/c1-15(2)24(18-13-20(25(5,6)7)22(27)11-16(18)3)19-14-21(26(8,9)10)23(28)12-17(19)4/h15-24,27-28H,11-14H2,1-10H3/t16?,17?,18?,19?,20-,21?,22?,23?,24?/m1/s1. The highest BCUT2D eigenvalue weighted by atomic mass is 16.3. The molecule has 0 amide bonds. The lowest BCUT2D eigenvalue weighted by Gasteiger charge is -2.53. The molecule has 0 bridgehead atoms. The molecular weight excluding hydrogens is 344 g/mol. The topological polar surface area (TPSA) is 40.5 Å². The van der Waals surface area contributed by atoms with Crippen LogP contribution >= 0.6 is 0 Å². The van der Waals surface area contributed by atoms with Gasteiger partial charge in [0.2, 0.25) is 0 Å². The molecule has 28 heavy (non-hydrogen) atoms. The van der Waals surface area contributed by atoms with Gasteiger partial charge in [0.15, 0.2) is 0 Å². The van der Waals surface area contributed by atoms with Crippen LogP contribution in [0.15, 0.2) is 0 Å². The first-order valence-corrected chi connectivity index (χ1v) is 12.0. The minimum absolute atomic E-state index is 0.154. The molecule has 0 spiro atoms. The molecule has 0 heterocycles. The first-order valence-electron chi connectivity index (χ1n) is 12.0. The van der Waals surface area contributed by atoms with E-state index in [4.69, 9.17) is 0 Å². The van der Waals surface area contributed by atoms with Gasteiger partial charge in [0.05, 0.1) is 12.2 Å². The third kappa shape index (κ3) is 5.15. The van der Waals surface area contributed by atoms with Crippen LogP contribution in [0, 0.1) is 58.2 Å². The summed E-state index contributed by atoms with van der Waals surface area (Å²) in [7, 11) is 0. The molecule has 2 rings (SSSR count). The Balaban J connectivity index is 2.32. The van der Waals surface area contributed by atoms with Crippen LogP contribution in [0.4, 0.5) is 0 Å². The Hall–Kier alpha value is -0.0800. The van der Waals surface area contributed by atoms with E-state index < -0.39 is 0 Å². The summed E-state index contributed by atoms with van der Waals surface area (Å²) in [6.45, 7) is 23.4. The van der Waals surface area contributed by atoms with Crippen molar-refractivity contribution in [2.24, 2.45) is 58.2 Å². The van der Waals surface area contributed by atoms with Gasteiger partial charge >= 0.3 is 0 Å². The average molecular weight is 395 g/mol. The van der Waals surface area contributed by atoms with E-state index in [0.29, 0.717) is 47.3 Å². The molecule has 0 saturated heterocycles.